The summed E-state index contributed by atoms with van der Waals surface area (Å²) in [4.78, 5) is 4.55. The Morgan fingerprint density at radius 3 is 1.07 bits per heavy atom. The van der Waals surface area contributed by atoms with Crippen LogP contribution in [0, 0.1) is 18.6 Å². The van der Waals surface area contributed by atoms with E-state index >= 15 is 0 Å². The van der Waals surface area contributed by atoms with Crippen molar-refractivity contribution in [1.29, 1.82) is 0 Å². The third kappa shape index (κ3) is 6.14. The Labute approximate surface area is 317 Å². The smallest absolute Gasteiger partial charge is 0.123 e. The van der Waals surface area contributed by atoms with Crippen molar-refractivity contribution < 1.29 is 8.78 Å². The highest BCUT2D eigenvalue weighted by Gasteiger charge is 2.26. The molecular formula is C50H46F2N2. The van der Waals surface area contributed by atoms with Crippen LogP contribution in [0.3, 0.4) is 0 Å². The van der Waals surface area contributed by atoms with Crippen molar-refractivity contribution in [3.05, 3.63) is 167 Å². The topological polar surface area (TPSA) is 6.48 Å². The predicted octanol–water partition coefficient (Wildman–Crippen LogP) is 15.5. The molecule has 0 saturated heterocycles. The molecule has 0 aliphatic heterocycles. The molecule has 0 bridgehead atoms. The van der Waals surface area contributed by atoms with Gasteiger partial charge in [0.05, 0.1) is 11.4 Å². The van der Waals surface area contributed by atoms with E-state index in [2.05, 4.69) is 143 Å². The zero-order valence-corrected chi connectivity index (χ0v) is 32.1. The van der Waals surface area contributed by atoms with Crippen molar-refractivity contribution >= 4 is 66.4 Å². The number of hydrogen-bond acceptors (Lipinski definition) is 2. The number of nitrogens with zero attached hydrogens (tertiary/aromatic N) is 2. The van der Waals surface area contributed by atoms with Gasteiger partial charge < -0.3 is 9.80 Å². The highest BCUT2D eigenvalue weighted by Crippen LogP contribution is 2.51. The minimum atomic E-state index is -0.265. The summed E-state index contributed by atoms with van der Waals surface area (Å²) in [5.74, 6) is 0.345. The predicted molar refractivity (Wildman–Crippen MR) is 226 cm³/mol. The van der Waals surface area contributed by atoms with Gasteiger partial charge in [-0.1, -0.05) is 95.6 Å². The maximum atomic E-state index is 14.4. The van der Waals surface area contributed by atoms with E-state index in [-0.39, 0.29) is 23.5 Å². The van der Waals surface area contributed by atoms with Crippen LogP contribution in [-0.2, 0) is 0 Å². The van der Waals surface area contributed by atoms with E-state index < -0.39 is 0 Å². The lowest BCUT2D eigenvalue weighted by atomic mass is 9.84. The van der Waals surface area contributed by atoms with Crippen LogP contribution in [0.15, 0.2) is 133 Å². The first kappa shape index (κ1) is 35.3. The van der Waals surface area contributed by atoms with Gasteiger partial charge in [0, 0.05) is 33.5 Å². The van der Waals surface area contributed by atoms with Crippen LogP contribution in [-0.4, -0.2) is 0 Å². The normalized spacial score (nSPS) is 11.9. The van der Waals surface area contributed by atoms with Gasteiger partial charge in [-0.15, -0.1) is 0 Å². The number of aryl methyl sites for hydroxylation is 1. The quantitative estimate of drug-likeness (QED) is 0.138. The van der Waals surface area contributed by atoms with Crippen LogP contribution in [0.1, 0.15) is 81.5 Å². The first-order valence-corrected chi connectivity index (χ1v) is 19.1. The van der Waals surface area contributed by atoms with Crippen molar-refractivity contribution in [2.75, 3.05) is 9.80 Å². The number of hydrogen-bond donors (Lipinski definition) is 0. The molecule has 0 spiro atoms. The lowest BCUT2D eigenvalue weighted by Crippen LogP contribution is -2.13. The summed E-state index contributed by atoms with van der Waals surface area (Å²) in [7, 11) is 0. The maximum absolute atomic E-state index is 14.4. The number of anilines is 6. The van der Waals surface area contributed by atoms with Crippen LogP contribution in [0.4, 0.5) is 42.9 Å². The summed E-state index contributed by atoms with van der Waals surface area (Å²) in [6, 6.07) is 44.8. The van der Waals surface area contributed by atoms with Gasteiger partial charge in [-0.05, 0) is 148 Å². The summed E-state index contributed by atoms with van der Waals surface area (Å²) >= 11 is 0. The molecule has 8 aromatic rings. The zero-order chi connectivity index (χ0) is 37.8. The molecule has 0 saturated carbocycles. The second-order valence-corrected chi connectivity index (χ2v) is 15.6. The van der Waals surface area contributed by atoms with Gasteiger partial charge in [0.15, 0.2) is 0 Å². The second-order valence-electron chi connectivity index (χ2n) is 15.6. The highest BCUT2D eigenvalue weighted by molar-refractivity contribution is 6.29. The minimum absolute atomic E-state index is 0.235. The lowest BCUT2D eigenvalue weighted by molar-refractivity contribution is 0.627. The van der Waals surface area contributed by atoms with Crippen LogP contribution in [0.5, 0.6) is 0 Å². The monoisotopic (exact) mass is 712 g/mol. The average Bonchev–Trinajstić information content (AvgIpc) is 3.16. The molecule has 0 fully saturated rings. The summed E-state index contributed by atoms with van der Waals surface area (Å²) in [5, 5.41) is 7.13. The Hall–Kier alpha value is -5.74. The molecule has 0 unspecified atom stereocenters. The van der Waals surface area contributed by atoms with Crippen LogP contribution in [0.2, 0.25) is 0 Å². The molecule has 8 aromatic carbocycles. The molecule has 0 heterocycles. The Bertz CT molecular complexity index is 2540. The first-order valence-electron chi connectivity index (χ1n) is 19.1. The molecule has 0 N–H and O–H groups in total. The fourth-order valence-corrected chi connectivity index (χ4v) is 8.07. The van der Waals surface area contributed by atoms with Crippen molar-refractivity contribution in [2.45, 2.75) is 66.2 Å². The van der Waals surface area contributed by atoms with Crippen molar-refractivity contribution in [3.8, 4) is 0 Å². The maximum Gasteiger partial charge on any atom is 0.123 e. The first-order chi connectivity index (χ1) is 26.0. The Morgan fingerprint density at radius 1 is 0.389 bits per heavy atom. The summed E-state index contributed by atoms with van der Waals surface area (Å²) in [5.41, 5.74) is 10.9. The Kier molecular flexibility index (Phi) is 9.09. The van der Waals surface area contributed by atoms with Gasteiger partial charge in [0.25, 0.3) is 0 Å². The Morgan fingerprint density at radius 2 is 0.722 bits per heavy atom. The van der Waals surface area contributed by atoms with Gasteiger partial charge in [0.1, 0.15) is 11.6 Å². The summed E-state index contributed by atoms with van der Waals surface area (Å²) in [6.07, 6.45) is 0. The molecule has 270 valence electrons. The third-order valence-electron chi connectivity index (χ3n) is 10.9. The number of rotatable bonds is 9. The zero-order valence-electron chi connectivity index (χ0n) is 32.1. The minimum Gasteiger partial charge on any atom is -0.310 e. The molecule has 8 rings (SSSR count). The summed E-state index contributed by atoms with van der Waals surface area (Å²) in [6.45, 7) is 15.5. The average molecular weight is 713 g/mol. The third-order valence-corrected chi connectivity index (χ3v) is 10.9. The van der Waals surface area contributed by atoms with Crippen LogP contribution >= 0.6 is 0 Å². The van der Waals surface area contributed by atoms with Crippen molar-refractivity contribution in [3.63, 3.8) is 0 Å². The summed E-state index contributed by atoms with van der Waals surface area (Å²) < 4.78 is 28.8. The molecular weight excluding hydrogens is 667 g/mol. The number of halogens is 2. The van der Waals surface area contributed by atoms with Crippen molar-refractivity contribution in [2.24, 2.45) is 0 Å². The van der Waals surface area contributed by atoms with Gasteiger partial charge >= 0.3 is 0 Å². The van der Waals surface area contributed by atoms with E-state index in [0.29, 0.717) is 5.92 Å². The van der Waals surface area contributed by atoms with E-state index in [1.165, 1.54) is 55.9 Å². The highest BCUT2D eigenvalue weighted by atomic mass is 19.1. The molecule has 0 aliphatic rings. The van der Waals surface area contributed by atoms with E-state index in [1.807, 2.05) is 24.3 Å². The molecule has 0 aliphatic carbocycles. The van der Waals surface area contributed by atoms with Gasteiger partial charge in [-0.3, -0.25) is 0 Å². The molecule has 0 amide bonds. The van der Waals surface area contributed by atoms with E-state index in [9.17, 15) is 8.78 Å². The van der Waals surface area contributed by atoms with E-state index in [0.717, 1.165) is 44.9 Å². The lowest BCUT2D eigenvalue weighted by Gasteiger charge is -2.31. The molecule has 2 nitrogen and oxygen atoms in total. The van der Waals surface area contributed by atoms with Crippen LogP contribution < -0.4 is 9.80 Å². The van der Waals surface area contributed by atoms with Crippen LogP contribution in [0.25, 0.3) is 32.3 Å². The molecule has 54 heavy (non-hydrogen) atoms. The SMILES string of the molecule is Cc1ccc(N(c2ccc(F)cc2)c2cc(C(C)C)c3ccc4c(N(c5ccc(F)cc5)c5ccc(C(C)C)cc5)cc(C(C)C)c5ccc2c3c54)cc1. The molecule has 0 radical (unpaired) electrons. The Balaban J connectivity index is 1.49. The molecule has 0 aromatic heterocycles. The van der Waals surface area contributed by atoms with E-state index in [1.54, 1.807) is 12.1 Å². The number of benzene rings is 8. The standard InChI is InChI=1S/C50H46F2N2/c1-30(2)34-10-18-38(19-11-34)54(40-22-14-36(52)15-23-40)48-29-46(32(5)6)42-24-26-43-47(28-45(31(3)4)41-25-27-44(48)50(42)49(41)43)53(37-16-8-33(7)9-17-37)39-20-12-35(51)13-21-39/h8-32H,1-7H3. The van der Waals surface area contributed by atoms with Crippen molar-refractivity contribution in [1.82, 2.24) is 0 Å². The molecule has 0 atom stereocenters. The van der Waals surface area contributed by atoms with Gasteiger partial charge in [0.2, 0.25) is 0 Å². The fourth-order valence-electron chi connectivity index (χ4n) is 8.07. The van der Waals surface area contributed by atoms with E-state index in [4.69, 9.17) is 0 Å². The second kappa shape index (κ2) is 13.9. The fraction of sp³-hybridized carbons (Fsp3) is 0.200. The molecule has 4 heteroatoms. The van der Waals surface area contributed by atoms with Gasteiger partial charge in [-0.2, -0.15) is 0 Å². The largest absolute Gasteiger partial charge is 0.310 e. The van der Waals surface area contributed by atoms with Gasteiger partial charge in [-0.25, -0.2) is 8.78 Å².